The Bertz CT molecular complexity index is 822. The van der Waals surface area contributed by atoms with Crippen LogP contribution in [0.1, 0.15) is 17.3 Å². The molecule has 0 amide bonds. The largest absolute Gasteiger partial charge is 0.462 e. The van der Waals surface area contributed by atoms with E-state index < -0.39 is 21.8 Å². The average molecular weight is 402 g/mol. The molecule has 0 unspecified atom stereocenters. The Morgan fingerprint density at radius 3 is 2.43 bits per heavy atom. The average Bonchev–Trinajstić information content (AvgIpc) is 2.50. The van der Waals surface area contributed by atoms with E-state index in [2.05, 4.69) is 20.7 Å². The summed E-state index contributed by atoms with van der Waals surface area (Å²) in [5, 5.41) is 0. The fourth-order valence-electron chi connectivity index (χ4n) is 1.76. The Kier molecular flexibility index (Phi) is 5.38. The van der Waals surface area contributed by atoms with Crippen molar-refractivity contribution in [1.82, 2.24) is 0 Å². The Hall–Kier alpha value is -1.93. The second-order valence-corrected chi connectivity index (χ2v) is 7.07. The van der Waals surface area contributed by atoms with Crippen LogP contribution in [0, 0.1) is 5.82 Å². The van der Waals surface area contributed by atoms with Crippen LogP contribution < -0.4 is 4.72 Å². The summed E-state index contributed by atoms with van der Waals surface area (Å²) in [6.07, 6.45) is 0. The Morgan fingerprint density at radius 1 is 1.22 bits per heavy atom. The molecule has 23 heavy (non-hydrogen) atoms. The molecule has 0 fully saturated rings. The zero-order chi connectivity index (χ0) is 17.0. The maximum absolute atomic E-state index is 14.0. The van der Waals surface area contributed by atoms with E-state index in [1.165, 1.54) is 24.3 Å². The number of benzene rings is 2. The van der Waals surface area contributed by atoms with Crippen LogP contribution in [0.15, 0.2) is 51.8 Å². The van der Waals surface area contributed by atoms with Gasteiger partial charge in [0.05, 0.1) is 22.8 Å². The third kappa shape index (κ3) is 4.29. The highest BCUT2D eigenvalue weighted by atomic mass is 79.9. The molecule has 0 radical (unpaired) electrons. The van der Waals surface area contributed by atoms with Crippen molar-refractivity contribution in [1.29, 1.82) is 0 Å². The maximum atomic E-state index is 14.0. The number of carbonyl (C=O) groups is 1. The molecule has 0 saturated carbocycles. The minimum Gasteiger partial charge on any atom is -0.462 e. The van der Waals surface area contributed by atoms with E-state index in [9.17, 15) is 17.6 Å². The summed E-state index contributed by atoms with van der Waals surface area (Å²) in [7, 11) is -3.92. The number of halogens is 2. The number of rotatable bonds is 5. The van der Waals surface area contributed by atoms with Gasteiger partial charge in [-0.15, -0.1) is 0 Å². The molecular formula is C15H13BrFNO4S. The zero-order valence-electron chi connectivity index (χ0n) is 12.0. The number of anilines is 1. The first-order valence-electron chi connectivity index (χ1n) is 6.58. The van der Waals surface area contributed by atoms with Gasteiger partial charge in [-0.2, -0.15) is 0 Å². The molecule has 1 N–H and O–H groups in total. The first-order chi connectivity index (χ1) is 10.8. The lowest BCUT2D eigenvalue weighted by Gasteiger charge is -2.10. The van der Waals surface area contributed by atoms with Crippen LogP contribution in [0.5, 0.6) is 0 Å². The molecular weight excluding hydrogens is 389 g/mol. The van der Waals surface area contributed by atoms with Crippen molar-refractivity contribution in [2.45, 2.75) is 11.8 Å². The molecule has 122 valence electrons. The molecule has 0 heterocycles. The molecule has 2 aromatic carbocycles. The first-order valence-corrected chi connectivity index (χ1v) is 8.86. The summed E-state index contributed by atoms with van der Waals surface area (Å²) in [4.78, 5) is 11.5. The number of ether oxygens (including phenoxy) is 1. The fourth-order valence-corrected chi connectivity index (χ4v) is 3.09. The second kappa shape index (κ2) is 7.10. The number of sulfonamides is 1. The van der Waals surface area contributed by atoms with Crippen LogP contribution in [0.4, 0.5) is 10.1 Å². The second-order valence-electron chi connectivity index (χ2n) is 4.47. The summed E-state index contributed by atoms with van der Waals surface area (Å²) >= 11 is 3.21. The van der Waals surface area contributed by atoms with Gasteiger partial charge in [-0.25, -0.2) is 17.6 Å². The predicted octanol–water partition coefficient (Wildman–Crippen LogP) is 3.57. The SMILES string of the molecule is CCOC(=O)c1ccc(NS(=O)(=O)c2ccc(Br)cc2)c(F)c1. The minimum absolute atomic E-state index is 0.00503. The lowest BCUT2D eigenvalue weighted by Crippen LogP contribution is -2.14. The highest BCUT2D eigenvalue weighted by Crippen LogP contribution is 2.22. The number of esters is 1. The van der Waals surface area contributed by atoms with Crippen LogP contribution in [-0.4, -0.2) is 21.0 Å². The summed E-state index contributed by atoms with van der Waals surface area (Å²) in [6.45, 7) is 1.80. The van der Waals surface area contributed by atoms with E-state index in [-0.39, 0.29) is 22.8 Å². The smallest absolute Gasteiger partial charge is 0.338 e. The number of nitrogens with one attached hydrogen (secondary N) is 1. The quantitative estimate of drug-likeness (QED) is 0.777. The van der Waals surface area contributed by atoms with Gasteiger partial charge in [-0.3, -0.25) is 4.72 Å². The van der Waals surface area contributed by atoms with Gasteiger partial charge in [0.1, 0.15) is 5.82 Å². The molecule has 2 rings (SSSR count). The van der Waals surface area contributed by atoms with Crippen LogP contribution in [0.25, 0.3) is 0 Å². The van der Waals surface area contributed by atoms with E-state index in [1.54, 1.807) is 19.1 Å². The molecule has 0 atom stereocenters. The molecule has 0 spiro atoms. The number of carbonyl (C=O) groups excluding carboxylic acids is 1. The molecule has 2 aromatic rings. The Morgan fingerprint density at radius 2 is 1.87 bits per heavy atom. The highest BCUT2D eigenvalue weighted by molar-refractivity contribution is 9.10. The highest BCUT2D eigenvalue weighted by Gasteiger charge is 2.17. The van der Waals surface area contributed by atoms with Gasteiger partial charge >= 0.3 is 5.97 Å². The molecule has 0 aromatic heterocycles. The van der Waals surface area contributed by atoms with Gasteiger partial charge in [-0.1, -0.05) is 15.9 Å². The van der Waals surface area contributed by atoms with Crippen molar-refractivity contribution in [3.63, 3.8) is 0 Å². The molecule has 0 aliphatic carbocycles. The van der Waals surface area contributed by atoms with Gasteiger partial charge in [0.15, 0.2) is 0 Å². The van der Waals surface area contributed by atoms with Crippen molar-refractivity contribution in [2.24, 2.45) is 0 Å². The summed E-state index contributed by atoms with van der Waals surface area (Å²) in [6, 6.07) is 9.30. The van der Waals surface area contributed by atoms with Gasteiger partial charge in [0, 0.05) is 4.47 Å². The minimum atomic E-state index is -3.92. The van der Waals surface area contributed by atoms with E-state index in [1.807, 2.05) is 0 Å². The summed E-state index contributed by atoms with van der Waals surface area (Å²) < 4.78 is 46.1. The fraction of sp³-hybridized carbons (Fsp3) is 0.133. The molecule has 0 aliphatic rings. The van der Waals surface area contributed by atoms with Crippen molar-refractivity contribution in [2.75, 3.05) is 11.3 Å². The predicted molar refractivity (Wildman–Crippen MR) is 87.3 cm³/mol. The monoisotopic (exact) mass is 401 g/mol. The third-order valence-corrected chi connectivity index (χ3v) is 4.76. The number of hydrogen-bond acceptors (Lipinski definition) is 4. The van der Waals surface area contributed by atoms with Crippen molar-refractivity contribution >= 4 is 37.6 Å². The first kappa shape index (κ1) is 17.4. The standard InChI is InChI=1S/C15H13BrFNO4S/c1-2-22-15(19)10-3-8-14(13(17)9-10)18-23(20,21)12-6-4-11(16)5-7-12/h3-9,18H,2H2,1H3. The Balaban J connectivity index is 2.26. The van der Waals surface area contributed by atoms with Crippen LogP contribution >= 0.6 is 15.9 Å². The molecule has 0 saturated heterocycles. The van der Waals surface area contributed by atoms with E-state index >= 15 is 0 Å². The number of hydrogen-bond donors (Lipinski definition) is 1. The summed E-state index contributed by atoms with van der Waals surface area (Å²) in [5.41, 5.74) is -0.239. The normalized spacial score (nSPS) is 11.1. The van der Waals surface area contributed by atoms with E-state index in [4.69, 9.17) is 4.74 Å². The van der Waals surface area contributed by atoms with Crippen molar-refractivity contribution in [3.05, 3.63) is 58.3 Å². The third-order valence-electron chi connectivity index (χ3n) is 2.85. The van der Waals surface area contributed by atoms with Crippen LogP contribution in [0.2, 0.25) is 0 Å². The maximum Gasteiger partial charge on any atom is 0.338 e. The molecule has 8 heteroatoms. The van der Waals surface area contributed by atoms with E-state index in [0.29, 0.717) is 0 Å². The lowest BCUT2D eigenvalue weighted by molar-refractivity contribution is 0.0526. The molecule has 0 aliphatic heterocycles. The molecule has 0 bridgehead atoms. The van der Waals surface area contributed by atoms with Gasteiger partial charge in [-0.05, 0) is 49.4 Å². The summed E-state index contributed by atoms with van der Waals surface area (Å²) in [5.74, 6) is -1.54. The van der Waals surface area contributed by atoms with Gasteiger partial charge in [0.2, 0.25) is 0 Å². The lowest BCUT2D eigenvalue weighted by atomic mass is 10.2. The zero-order valence-corrected chi connectivity index (χ0v) is 14.4. The van der Waals surface area contributed by atoms with Gasteiger partial charge < -0.3 is 4.74 Å². The Labute approximate surface area is 141 Å². The topological polar surface area (TPSA) is 72.5 Å². The van der Waals surface area contributed by atoms with Crippen molar-refractivity contribution < 1.29 is 22.3 Å². The van der Waals surface area contributed by atoms with Crippen LogP contribution in [0.3, 0.4) is 0 Å². The molecule has 5 nitrogen and oxygen atoms in total. The van der Waals surface area contributed by atoms with E-state index in [0.717, 1.165) is 10.5 Å². The van der Waals surface area contributed by atoms with Crippen molar-refractivity contribution in [3.8, 4) is 0 Å². The van der Waals surface area contributed by atoms with Gasteiger partial charge in [0.25, 0.3) is 10.0 Å². The van der Waals surface area contributed by atoms with Crippen LogP contribution in [-0.2, 0) is 14.8 Å².